The first kappa shape index (κ1) is 13.3. The number of hydrogen-bond acceptors (Lipinski definition) is 1. The molecule has 0 spiro atoms. The molecule has 1 nitrogen and oxygen atoms in total. The van der Waals surface area contributed by atoms with Gasteiger partial charge in [-0.05, 0) is 54.8 Å². The summed E-state index contributed by atoms with van der Waals surface area (Å²) in [4.78, 5) is 0. The van der Waals surface area contributed by atoms with Gasteiger partial charge >= 0.3 is 0 Å². The lowest BCUT2D eigenvalue weighted by Crippen LogP contribution is -1.96. The van der Waals surface area contributed by atoms with Gasteiger partial charge in [0.25, 0.3) is 0 Å². The fraction of sp³-hybridized carbons (Fsp3) is 0.200. The van der Waals surface area contributed by atoms with Crippen molar-refractivity contribution < 1.29 is 4.74 Å². The monoisotopic (exact) mass is 280 g/mol. The zero-order valence-electron chi connectivity index (χ0n) is 10.3. The lowest BCUT2D eigenvalue weighted by molar-refractivity contribution is 0.306. The fourth-order valence-corrected chi connectivity index (χ4v) is 1.97. The van der Waals surface area contributed by atoms with E-state index in [2.05, 4.69) is 0 Å². The summed E-state index contributed by atoms with van der Waals surface area (Å²) in [5.41, 5.74) is 3.15. The first-order valence-corrected chi connectivity index (χ1v) is 6.46. The highest BCUT2D eigenvalue weighted by Gasteiger charge is 2.03. The Bertz CT molecular complexity index is 524. The molecule has 2 rings (SSSR count). The predicted molar refractivity (Wildman–Crippen MR) is 76.7 cm³/mol. The van der Waals surface area contributed by atoms with E-state index < -0.39 is 0 Å². The molecule has 0 aromatic heterocycles. The maximum absolute atomic E-state index is 6.11. The number of hydrogen-bond donors (Lipinski definition) is 0. The molecular formula is C15H14Cl2O. The number of ether oxygens (including phenoxy) is 1. The summed E-state index contributed by atoms with van der Waals surface area (Å²) < 4.78 is 5.75. The van der Waals surface area contributed by atoms with Crippen LogP contribution in [0.15, 0.2) is 36.4 Å². The quantitative estimate of drug-likeness (QED) is 0.752. The van der Waals surface area contributed by atoms with E-state index in [0.717, 1.165) is 32.5 Å². The van der Waals surface area contributed by atoms with E-state index in [1.165, 1.54) is 0 Å². The smallest absolute Gasteiger partial charge is 0.120 e. The Balaban J connectivity index is 2.08. The summed E-state index contributed by atoms with van der Waals surface area (Å²) in [6.45, 7) is 4.48. The highest BCUT2D eigenvalue weighted by atomic mass is 35.5. The molecular weight excluding hydrogens is 267 g/mol. The molecule has 0 fully saturated rings. The fourth-order valence-electron chi connectivity index (χ4n) is 1.74. The van der Waals surface area contributed by atoms with Crippen LogP contribution in [0.1, 0.15) is 16.7 Å². The minimum absolute atomic E-state index is 0.525. The van der Waals surface area contributed by atoms with Crippen molar-refractivity contribution in [1.82, 2.24) is 0 Å². The number of aryl methyl sites for hydroxylation is 2. The summed E-state index contributed by atoms with van der Waals surface area (Å²) >= 11 is 11.9. The van der Waals surface area contributed by atoms with Crippen molar-refractivity contribution in [2.24, 2.45) is 0 Å². The molecule has 0 radical (unpaired) electrons. The van der Waals surface area contributed by atoms with E-state index in [1.54, 1.807) is 0 Å². The van der Waals surface area contributed by atoms with Crippen LogP contribution in [0.4, 0.5) is 0 Å². The molecule has 0 aliphatic carbocycles. The van der Waals surface area contributed by atoms with Crippen LogP contribution in [0, 0.1) is 13.8 Å². The minimum Gasteiger partial charge on any atom is -0.489 e. The zero-order chi connectivity index (χ0) is 13.1. The van der Waals surface area contributed by atoms with Crippen LogP contribution in [0.5, 0.6) is 5.75 Å². The molecule has 0 atom stereocenters. The molecule has 0 heterocycles. The Hall–Kier alpha value is -1.18. The maximum atomic E-state index is 6.11. The molecule has 0 bridgehead atoms. The van der Waals surface area contributed by atoms with Gasteiger partial charge < -0.3 is 4.74 Å². The third-order valence-electron chi connectivity index (χ3n) is 2.73. The van der Waals surface area contributed by atoms with Crippen LogP contribution >= 0.6 is 23.2 Å². The Morgan fingerprint density at radius 2 is 1.50 bits per heavy atom. The minimum atomic E-state index is 0.525. The van der Waals surface area contributed by atoms with Gasteiger partial charge in [0.15, 0.2) is 0 Å². The number of halogens is 2. The van der Waals surface area contributed by atoms with Gasteiger partial charge in [0.05, 0.1) is 0 Å². The lowest BCUT2D eigenvalue weighted by Gasteiger charge is -2.10. The van der Waals surface area contributed by atoms with Crippen molar-refractivity contribution in [2.75, 3.05) is 0 Å². The third kappa shape index (κ3) is 3.18. The Labute approximate surface area is 117 Å². The van der Waals surface area contributed by atoms with Crippen LogP contribution in [0.2, 0.25) is 10.0 Å². The SMILES string of the molecule is Cc1cc(OCc2ccc(Cl)cc2)cc(C)c1Cl. The Morgan fingerprint density at radius 3 is 2.06 bits per heavy atom. The Kier molecular flexibility index (Phi) is 4.15. The molecule has 0 saturated carbocycles. The first-order chi connectivity index (χ1) is 8.56. The second kappa shape index (κ2) is 5.64. The molecule has 0 N–H and O–H groups in total. The van der Waals surface area contributed by atoms with Gasteiger partial charge in [-0.25, -0.2) is 0 Å². The predicted octanol–water partition coefficient (Wildman–Crippen LogP) is 5.19. The van der Waals surface area contributed by atoms with Gasteiger partial charge in [0.1, 0.15) is 12.4 Å². The van der Waals surface area contributed by atoms with E-state index in [9.17, 15) is 0 Å². The normalized spacial score (nSPS) is 10.4. The summed E-state index contributed by atoms with van der Waals surface area (Å²) in [6.07, 6.45) is 0. The highest BCUT2D eigenvalue weighted by molar-refractivity contribution is 6.32. The average Bonchev–Trinajstić information content (AvgIpc) is 2.35. The average molecular weight is 281 g/mol. The molecule has 94 valence electrons. The summed E-state index contributed by atoms with van der Waals surface area (Å²) in [5, 5.41) is 1.53. The highest BCUT2D eigenvalue weighted by Crippen LogP contribution is 2.26. The van der Waals surface area contributed by atoms with Crippen molar-refractivity contribution >= 4 is 23.2 Å². The second-order valence-corrected chi connectivity index (χ2v) is 5.10. The topological polar surface area (TPSA) is 9.23 Å². The first-order valence-electron chi connectivity index (χ1n) is 5.70. The Morgan fingerprint density at radius 1 is 0.944 bits per heavy atom. The molecule has 0 aliphatic heterocycles. The number of benzene rings is 2. The van der Waals surface area contributed by atoms with Crippen molar-refractivity contribution in [2.45, 2.75) is 20.5 Å². The molecule has 0 amide bonds. The summed E-state index contributed by atoms with van der Waals surface area (Å²) in [7, 11) is 0. The van der Waals surface area contributed by atoms with E-state index in [0.29, 0.717) is 6.61 Å². The molecule has 0 unspecified atom stereocenters. The van der Waals surface area contributed by atoms with Gasteiger partial charge in [-0.1, -0.05) is 35.3 Å². The van der Waals surface area contributed by atoms with Crippen LogP contribution in [-0.4, -0.2) is 0 Å². The zero-order valence-corrected chi connectivity index (χ0v) is 11.8. The molecule has 2 aromatic rings. The molecule has 2 aromatic carbocycles. The summed E-state index contributed by atoms with van der Waals surface area (Å²) in [5.74, 6) is 0.837. The van der Waals surface area contributed by atoms with E-state index in [1.807, 2.05) is 50.2 Å². The van der Waals surface area contributed by atoms with Crippen LogP contribution in [0.25, 0.3) is 0 Å². The summed E-state index contributed by atoms with van der Waals surface area (Å²) in [6, 6.07) is 11.5. The van der Waals surface area contributed by atoms with Gasteiger partial charge in [-0.15, -0.1) is 0 Å². The van der Waals surface area contributed by atoms with Gasteiger partial charge in [0, 0.05) is 10.0 Å². The van der Waals surface area contributed by atoms with Crippen molar-refractivity contribution in [3.05, 3.63) is 63.1 Å². The molecule has 0 saturated heterocycles. The molecule has 0 aliphatic rings. The maximum Gasteiger partial charge on any atom is 0.120 e. The van der Waals surface area contributed by atoms with Gasteiger partial charge in [0.2, 0.25) is 0 Å². The van der Waals surface area contributed by atoms with E-state index >= 15 is 0 Å². The van der Waals surface area contributed by atoms with Crippen LogP contribution in [-0.2, 0) is 6.61 Å². The number of rotatable bonds is 3. The molecule has 3 heteroatoms. The van der Waals surface area contributed by atoms with E-state index in [4.69, 9.17) is 27.9 Å². The van der Waals surface area contributed by atoms with Crippen LogP contribution < -0.4 is 4.74 Å². The molecule has 18 heavy (non-hydrogen) atoms. The van der Waals surface area contributed by atoms with Crippen molar-refractivity contribution in [3.8, 4) is 5.75 Å². The largest absolute Gasteiger partial charge is 0.489 e. The lowest BCUT2D eigenvalue weighted by atomic mass is 10.1. The van der Waals surface area contributed by atoms with Crippen molar-refractivity contribution in [3.63, 3.8) is 0 Å². The second-order valence-electron chi connectivity index (χ2n) is 4.29. The third-order valence-corrected chi connectivity index (χ3v) is 3.58. The van der Waals surface area contributed by atoms with Crippen LogP contribution in [0.3, 0.4) is 0 Å². The van der Waals surface area contributed by atoms with Gasteiger partial charge in [-0.2, -0.15) is 0 Å². The van der Waals surface area contributed by atoms with E-state index in [-0.39, 0.29) is 0 Å². The van der Waals surface area contributed by atoms with Crippen molar-refractivity contribution in [1.29, 1.82) is 0 Å². The van der Waals surface area contributed by atoms with Gasteiger partial charge in [-0.3, -0.25) is 0 Å². The standard InChI is InChI=1S/C15H14Cl2O/c1-10-7-14(8-11(2)15(10)17)18-9-12-3-5-13(16)6-4-12/h3-8H,9H2,1-2H3.